The van der Waals surface area contributed by atoms with Crippen LogP contribution in [0.3, 0.4) is 0 Å². The van der Waals surface area contributed by atoms with Gasteiger partial charge in [0.2, 0.25) is 5.82 Å². The standard InChI is InChI=1S/C17HF16N/c18-6-3(2(1-34)4-8(20)12(24)14(26)13(25)9(4)21)7(19)11(23)5(10(6)22)15(27,16(28,29)30)17(31,32)33/h34H. The molecule has 34 heavy (non-hydrogen) atoms. The maximum atomic E-state index is 14.3. The summed E-state index contributed by atoms with van der Waals surface area (Å²) >= 11 is 0. The van der Waals surface area contributed by atoms with E-state index in [0.29, 0.717) is 5.87 Å². The van der Waals surface area contributed by atoms with Crippen LogP contribution in [0, 0.1) is 57.8 Å². The summed E-state index contributed by atoms with van der Waals surface area (Å²) in [4.78, 5) is 0. The maximum absolute atomic E-state index is 14.3. The molecule has 2 rings (SSSR count). The van der Waals surface area contributed by atoms with Crippen molar-refractivity contribution in [3.8, 4) is 0 Å². The van der Waals surface area contributed by atoms with Crippen molar-refractivity contribution >= 4 is 11.4 Å². The molecule has 0 aromatic heterocycles. The molecular formula is C17HF16N. The fourth-order valence-electron chi connectivity index (χ4n) is 2.67. The van der Waals surface area contributed by atoms with E-state index in [4.69, 9.17) is 5.41 Å². The number of nitrogens with one attached hydrogen (secondary N) is 1. The third kappa shape index (κ3) is 3.58. The average Bonchev–Trinajstić information content (AvgIpc) is 2.72. The molecule has 2 aromatic carbocycles. The van der Waals surface area contributed by atoms with Crippen LogP contribution < -0.4 is 0 Å². The van der Waals surface area contributed by atoms with E-state index in [1.54, 1.807) is 0 Å². The predicted molar refractivity (Wildman–Crippen MR) is 77.6 cm³/mol. The van der Waals surface area contributed by atoms with Gasteiger partial charge in [0.05, 0.1) is 22.3 Å². The number of hydrogen-bond donors (Lipinski definition) is 1. The van der Waals surface area contributed by atoms with Crippen LogP contribution in [0.25, 0.3) is 5.57 Å². The number of alkyl halides is 7. The van der Waals surface area contributed by atoms with Crippen molar-refractivity contribution in [2.75, 3.05) is 0 Å². The summed E-state index contributed by atoms with van der Waals surface area (Å²) in [6.07, 6.45) is -14.6. The van der Waals surface area contributed by atoms with Gasteiger partial charge in [-0.15, -0.1) is 0 Å². The number of halogens is 16. The summed E-state index contributed by atoms with van der Waals surface area (Å²) in [5.41, 5.74) is -18.6. The van der Waals surface area contributed by atoms with Crippen molar-refractivity contribution < 1.29 is 70.2 Å². The summed E-state index contributed by atoms with van der Waals surface area (Å²) in [5.74, 6) is -28.2. The minimum Gasteiger partial charge on any atom is -0.258 e. The summed E-state index contributed by atoms with van der Waals surface area (Å²) in [6, 6.07) is 0. The zero-order chi connectivity index (χ0) is 26.7. The fraction of sp³-hybridized carbons (Fsp3) is 0.176. The van der Waals surface area contributed by atoms with Crippen molar-refractivity contribution in [2.24, 2.45) is 0 Å². The molecular weight excluding hydrogens is 522 g/mol. The lowest BCUT2D eigenvalue weighted by Crippen LogP contribution is -2.52. The Kier molecular flexibility index (Phi) is 6.53. The van der Waals surface area contributed by atoms with E-state index in [1.807, 2.05) is 0 Å². The van der Waals surface area contributed by atoms with E-state index >= 15 is 0 Å². The van der Waals surface area contributed by atoms with Gasteiger partial charge in [0.1, 0.15) is 0 Å². The highest BCUT2D eigenvalue weighted by Crippen LogP contribution is 2.55. The Morgan fingerprint density at radius 1 is 0.471 bits per heavy atom. The van der Waals surface area contributed by atoms with Crippen LogP contribution in [0.15, 0.2) is 0 Å². The van der Waals surface area contributed by atoms with Crippen LogP contribution in [-0.4, -0.2) is 18.2 Å². The fourth-order valence-corrected chi connectivity index (χ4v) is 2.67. The van der Waals surface area contributed by atoms with Gasteiger partial charge in [0, 0.05) is 0 Å². The topological polar surface area (TPSA) is 23.9 Å². The van der Waals surface area contributed by atoms with Gasteiger partial charge in [-0.2, -0.15) is 26.3 Å². The zero-order valence-electron chi connectivity index (χ0n) is 15.0. The van der Waals surface area contributed by atoms with Gasteiger partial charge in [-0.1, -0.05) is 0 Å². The van der Waals surface area contributed by atoms with Gasteiger partial charge < -0.3 is 0 Å². The SMILES string of the molecule is N=C=C(c1c(F)c(F)c(F)c(F)c1F)c1c(F)c(F)c(C(F)(C(F)(F)F)C(F)(F)F)c(F)c1F. The second-order valence-electron chi connectivity index (χ2n) is 6.10. The Bertz CT molecular complexity index is 1160. The van der Waals surface area contributed by atoms with E-state index in [9.17, 15) is 70.2 Å². The monoisotopic (exact) mass is 523 g/mol. The van der Waals surface area contributed by atoms with Crippen molar-refractivity contribution in [3.63, 3.8) is 0 Å². The molecule has 0 fully saturated rings. The number of benzene rings is 2. The van der Waals surface area contributed by atoms with Gasteiger partial charge in [0.15, 0.2) is 46.5 Å². The largest absolute Gasteiger partial charge is 0.436 e. The summed E-state index contributed by atoms with van der Waals surface area (Å²) in [5, 5.41) is 6.76. The van der Waals surface area contributed by atoms with Gasteiger partial charge in [-0.25, -0.2) is 43.9 Å². The molecule has 0 heterocycles. The molecule has 0 unspecified atom stereocenters. The summed E-state index contributed by atoms with van der Waals surface area (Å²) in [7, 11) is 0. The second kappa shape index (κ2) is 8.21. The van der Waals surface area contributed by atoms with Crippen molar-refractivity contribution in [2.45, 2.75) is 18.0 Å². The minimum atomic E-state index is -7.28. The van der Waals surface area contributed by atoms with E-state index < -0.39 is 92.6 Å². The Balaban J connectivity index is 3.08. The highest BCUT2D eigenvalue weighted by molar-refractivity contribution is 5.98. The van der Waals surface area contributed by atoms with Crippen LogP contribution in [0.1, 0.15) is 16.7 Å². The first kappa shape index (κ1) is 27.0. The third-order valence-corrected chi connectivity index (χ3v) is 4.22. The summed E-state index contributed by atoms with van der Waals surface area (Å²) < 4.78 is 216. The molecule has 0 amide bonds. The Morgan fingerprint density at radius 2 is 0.735 bits per heavy atom. The van der Waals surface area contributed by atoms with E-state index in [-0.39, 0.29) is 0 Å². The molecule has 1 nitrogen and oxygen atoms in total. The Hall–Kier alpha value is -3.23. The molecule has 0 aliphatic heterocycles. The highest BCUT2D eigenvalue weighted by atomic mass is 19.4. The minimum absolute atomic E-state index is 0.624. The van der Waals surface area contributed by atoms with Crippen LogP contribution >= 0.6 is 0 Å². The maximum Gasteiger partial charge on any atom is 0.436 e. The molecule has 0 aliphatic rings. The van der Waals surface area contributed by atoms with Crippen molar-refractivity contribution in [1.29, 1.82) is 5.41 Å². The number of hydrogen-bond acceptors (Lipinski definition) is 1. The van der Waals surface area contributed by atoms with Crippen molar-refractivity contribution in [3.05, 3.63) is 69.0 Å². The van der Waals surface area contributed by atoms with Crippen LogP contribution in [-0.2, 0) is 5.67 Å². The quantitative estimate of drug-likeness (QED) is 0.196. The first-order valence-electron chi connectivity index (χ1n) is 7.77. The first-order valence-corrected chi connectivity index (χ1v) is 7.77. The van der Waals surface area contributed by atoms with Gasteiger partial charge in [-0.05, 0) is 5.87 Å². The Labute approximate surface area is 175 Å². The third-order valence-electron chi connectivity index (χ3n) is 4.22. The predicted octanol–water partition coefficient (Wildman–Crippen LogP) is 6.91. The molecule has 0 saturated carbocycles. The lowest BCUT2D eigenvalue weighted by molar-refractivity contribution is -0.350. The highest BCUT2D eigenvalue weighted by Gasteiger charge is 2.76. The zero-order valence-corrected chi connectivity index (χ0v) is 15.0. The van der Waals surface area contributed by atoms with Gasteiger partial charge >= 0.3 is 18.0 Å². The molecule has 2 aromatic rings. The Morgan fingerprint density at radius 3 is 1.00 bits per heavy atom. The molecule has 0 radical (unpaired) electrons. The molecule has 17 heteroatoms. The average molecular weight is 523 g/mol. The second-order valence-corrected chi connectivity index (χ2v) is 6.10. The molecule has 0 bridgehead atoms. The first-order chi connectivity index (χ1) is 15.3. The molecule has 1 N–H and O–H groups in total. The van der Waals surface area contributed by atoms with Crippen LogP contribution in [0.5, 0.6) is 0 Å². The van der Waals surface area contributed by atoms with Gasteiger partial charge in [0.25, 0.3) is 0 Å². The van der Waals surface area contributed by atoms with E-state index in [1.165, 1.54) is 0 Å². The normalized spacial score (nSPS) is 12.7. The molecule has 0 atom stereocenters. The van der Waals surface area contributed by atoms with Crippen LogP contribution in [0.4, 0.5) is 70.2 Å². The van der Waals surface area contributed by atoms with Crippen molar-refractivity contribution in [1.82, 2.24) is 0 Å². The summed E-state index contributed by atoms with van der Waals surface area (Å²) in [6.45, 7) is 0. The van der Waals surface area contributed by atoms with Crippen LogP contribution in [0.2, 0.25) is 0 Å². The molecule has 0 aliphatic carbocycles. The lowest BCUT2D eigenvalue weighted by Gasteiger charge is -2.31. The molecule has 186 valence electrons. The van der Waals surface area contributed by atoms with Gasteiger partial charge in [-0.3, -0.25) is 5.41 Å². The lowest BCUT2D eigenvalue weighted by atomic mass is 9.88. The number of rotatable bonds is 3. The smallest absolute Gasteiger partial charge is 0.258 e. The van der Waals surface area contributed by atoms with E-state index in [0.717, 1.165) is 0 Å². The molecule has 0 spiro atoms. The van der Waals surface area contributed by atoms with E-state index in [2.05, 4.69) is 0 Å². The molecule has 0 saturated heterocycles.